The van der Waals surface area contributed by atoms with Crippen LogP contribution in [0.1, 0.15) is 33.3 Å². The second kappa shape index (κ2) is 10.9. The summed E-state index contributed by atoms with van der Waals surface area (Å²) in [6, 6.07) is 12.8. The standard InChI is InChI=1S/C23H29BrClN3O4S/c1-16(22(30)26-23(2,3)4)27(14-17-10-12-18(25)13-11-17)21(29)15-28(33(5,31)32)20-9-7-6-8-19(20)24/h6-13,16H,14-15H2,1-5H3,(H,26,30)/t16-/m1/s1. The molecule has 0 spiro atoms. The van der Waals surface area contributed by atoms with Crippen molar-refractivity contribution in [3.05, 3.63) is 63.6 Å². The zero-order valence-corrected chi connectivity index (χ0v) is 22.5. The molecule has 10 heteroatoms. The normalized spacial score (nSPS) is 12.7. The minimum Gasteiger partial charge on any atom is -0.350 e. The van der Waals surface area contributed by atoms with Gasteiger partial charge in [-0.1, -0.05) is 35.9 Å². The first kappa shape index (κ1) is 27.1. The minimum atomic E-state index is -3.78. The number of rotatable bonds is 8. The van der Waals surface area contributed by atoms with E-state index in [-0.39, 0.29) is 12.5 Å². The van der Waals surface area contributed by atoms with E-state index in [0.29, 0.717) is 15.2 Å². The molecule has 0 aromatic heterocycles. The first-order valence-electron chi connectivity index (χ1n) is 10.3. The van der Waals surface area contributed by atoms with E-state index in [1.807, 2.05) is 20.8 Å². The summed E-state index contributed by atoms with van der Waals surface area (Å²) in [4.78, 5) is 27.7. The van der Waals surface area contributed by atoms with Crippen LogP contribution < -0.4 is 9.62 Å². The SMILES string of the molecule is C[C@H](C(=O)NC(C)(C)C)N(Cc1ccc(Cl)cc1)C(=O)CN(c1ccccc1Br)S(C)(=O)=O. The Morgan fingerprint density at radius 1 is 1.09 bits per heavy atom. The third-order valence-electron chi connectivity index (χ3n) is 4.73. The maximum Gasteiger partial charge on any atom is 0.244 e. The van der Waals surface area contributed by atoms with E-state index in [1.165, 1.54) is 4.90 Å². The Bertz CT molecular complexity index is 1100. The number of carbonyl (C=O) groups is 2. The first-order chi connectivity index (χ1) is 15.2. The van der Waals surface area contributed by atoms with Crippen LogP contribution in [0.3, 0.4) is 0 Å². The number of carbonyl (C=O) groups excluding carboxylic acids is 2. The van der Waals surface area contributed by atoms with Gasteiger partial charge in [-0.25, -0.2) is 8.42 Å². The van der Waals surface area contributed by atoms with Crippen LogP contribution in [0.2, 0.25) is 5.02 Å². The Kier molecular flexibility index (Phi) is 8.95. The van der Waals surface area contributed by atoms with Crippen LogP contribution in [0.15, 0.2) is 53.0 Å². The number of nitrogens with zero attached hydrogens (tertiary/aromatic N) is 2. The maximum absolute atomic E-state index is 13.5. The third-order valence-corrected chi connectivity index (χ3v) is 6.78. The molecule has 2 aromatic carbocycles. The molecule has 0 saturated carbocycles. The zero-order chi connectivity index (χ0) is 25.0. The molecule has 1 atom stereocenters. The summed E-state index contributed by atoms with van der Waals surface area (Å²) in [5, 5.41) is 3.43. The van der Waals surface area contributed by atoms with Gasteiger partial charge in [0.1, 0.15) is 12.6 Å². The van der Waals surface area contributed by atoms with Gasteiger partial charge in [0.25, 0.3) is 0 Å². The van der Waals surface area contributed by atoms with Crippen molar-refractivity contribution < 1.29 is 18.0 Å². The lowest BCUT2D eigenvalue weighted by molar-refractivity contribution is -0.140. The Hall–Kier alpha value is -2.10. The van der Waals surface area contributed by atoms with Crippen molar-refractivity contribution >= 4 is 55.1 Å². The number of para-hydroxylation sites is 1. The van der Waals surface area contributed by atoms with Gasteiger partial charge in [0.15, 0.2) is 0 Å². The van der Waals surface area contributed by atoms with Crippen LogP contribution in [0.4, 0.5) is 5.69 Å². The van der Waals surface area contributed by atoms with Gasteiger partial charge in [0.2, 0.25) is 21.8 Å². The fraction of sp³-hybridized carbons (Fsp3) is 0.391. The van der Waals surface area contributed by atoms with Gasteiger partial charge in [-0.2, -0.15) is 0 Å². The van der Waals surface area contributed by atoms with Crippen molar-refractivity contribution in [1.82, 2.24) is 10.2 Å². The summed E-state index contributed by atoms with van der Waals surface area (Å²) in [6.45, 7) is 6.83. The predicted molar refractivity (Wildman–Crippen MR) is 136 cm³/mol. The molecule has 7 nitrogen and oxygen atoms in total. The van der Waals surface area contributed by atoms with Crippen LogP contribution in [0.5, 0.6) is 0 Å². The van der Waals surface area contributed by atoms with Crippen LogP contribution in [0, 0.1) is 0 Å². The summed E-state index contributed by atoms with van der Waals surface area (Å²) in [5.41, 5.74) is 0.607. The molecule has 0 radical (unpaired) electrons. The van der Waals surface area contributed by atoms with Crippen LogP contribution in [0.25, 0.3) is 0 Å². The lowest BCUT2D eigenvalue weighted by Crippen LogP contribution is -2.54. The summed E-state index contributed by atoms with van der Waals surface area (Å²) in [5.74, 6) is -0.848. The maximum atomic E-state index is 13.5. The molecule has 0 aliphatic rings. The fourth-order valence-corrected chi connectivity index (χ4v) is 4.70. The molecule has 0 heterocycles. The third kappa shape index (κ3) is 8.01. The second-order valence-corrected chi connectivity index (χ2v) is 12.0. The molecule has 2 amide bonds. The zero-order valence-electron chi connectivity index (χ0n) is 19.3. The smallest absolute Gasteiger partial charge is 0.244 e. The van der Waals surface area contributed by atoms with Crippen LogP contribution in [-0.2, 0) is 26.2 Å². The predicted octanol–water partition coefficient (Wildman–Crippen LogP) is 4.20. The highest BCUT2D eigenvalue weighted by atomic mass is 79.9. The molecule has 2 rings (SSSR count). The monoisotopic (exact) mass is 557 g/mol. The summed E-state index contributed by atoms with van der Waals surface area (Å²) < 4.78 is 26.7. The fourth-order valence-electron chi connectivity index (χ4n) is 3.09. The highest BCUT2D eigenvalue weighted by molar-refractivity contribution is 9.10. The Balaban J connectivity index is 2.41. The van der Waals surface area contributed by atoms with Crippen molar-refractivity contribution in [3.8, 4) is 0 Å². The van der Waals surface area contributed by atoms with E-state index in [0.717, 1.165) is 16.1 Å². The number of hydrogen-bond acceptors (Lipinski definition) is 4. The average Bonchev–Trinajstić information content (AvgIpc) is 2.69. The van der Waals surface area contributed by atoms with Crippen molar-refractivity contribution in [1.29, 1.82) is 0 Å². The first-order valence-corrected chi connectivity index (χ1v) is 13.3. The lowest BCUT2D eigenvalue weighted by Gasteiger charge is -2.33. The van der Waals surface area contributed by atoms with Crippen molar-refractivity contribution in [2.45, 2.75) is 45.8 Å². The number of halogens is 2. The molecule has 1 N–H and O–H groups in total. The van der Waals surface area contributed by atoms with Gasteiger partial charge in [-0.05, 0) is 73.5 Å². The highest BCUT2D eigenvalue weighted by Crippen LogP contribution is 2.28. The van der Waals surface area contributed by atoms with E-state index in [4.69, 9.17) is 11.6 Å². The molecule has 0 aliphatic heterocycles. The molecule has 0 aliphatic carbocycles. The molecule has 0 bridgehead atoms. The van der Waals surface area contributed by atoms with Gasteiger partial charge in [0.05, 0.1) is 11.9 Å². The summed E-state index contributed by atoms with van der Waals surface area (Å²) in [6.07, 6.45) is 1.04. The Morgan fingerprint density at radius 2 is 1.67 bits per heavy atom. The number of hydrogen-bond donors (Lipinski definition) is 1. The topological polar surface area (TPSA) is 86.8 Å². The van der Waals surface area contributed by atoms with Gasteiger partial charge in [-0.15, -0.1) is 0 Å². The van der Waals surface area contributed by atoms with Gasteiger partial charge < -0.3 is 10.2 Å². The average molecular weight is 559 g/mol. The highest BCUT2D eigenvalue weighted by Gasteiger charge is 2.31. The van der Waals surface area contributed by atoms with Crippen molar-refractivity contribution in [2.75, 3.05) is 17.1 Å². The number of nitrogens with one attached hydrogen (secondary N) is 1. The van der Waals surface area contributed by atoms with E-state index >= 15 is 0 Å². The quantitative estimate of drug-likeness (QED) is 0.526. The Labute approximate surface area is 209 Å². The molecular weight excluding hydrogens is 530 g/mol. The van der Waals surface area contributed by atoms with E-state index in [1.54, 1.807) is 55.5 Å². The lowest BCUT2D eigenvalue weighted by atomic mass is 10.1. The van der Waals surface area contributed by atoms with Crippen LogP contribution in [-0.4, -0.2) is 49.5 Å². The largest absolute Gasteiger partial charge is 0.350 e. The number of benzene rings is 2. The molecule has 33 heavy (non-hydrogen) atoms. The summed E-state index contributed by atoms with van der Waals surface area (Å²) in [7, 11) is -3.78. The number of amides is 2. The summed E-state index contributed by atoms with van der Waals surface area (Å²) >= 11 is 9.33. The number of sulfonamides is 1. The molecule has 180 valence electrons. The van der Waals surface area contributed by atoms with E-state index in [2.05, 4.69) is 21.2 Å². The van der Waals surface area contributed by atoms with E-state index < -0.39 is 34.1 Å². The Morgan fingerprint density at radius 3 is 2.18 bits per heavy atom. The van der Waals surface area contributed by atoms with Crippen molar-refractivity contribution in [3.63, 3.8) is 0 Å². The second-order valence-electron chi connectivity index (χ2n) is 8.78. The van der Waals surface area contributed by atoms with Crippen molar-refractivity contribution in [2.24, 2.45) is 0 Å². The van der Waals surface area contributed by atoms with Gasteiger partial charge in [0, 0.05) is 21.6 Å². The van der Waals surface area contributed by atoms with Gasteiger partial charge >= 0.3 is 0 Å². The number of anilines is 1. The molecule has 0 fully saturated rings. The van der Waals surface area contributed by atoms with Crippen LogP contribution >= 0.6 is 27.5 Å². The molecular formula is C23H29BrClN3O4S. The molecule has 0 unspecified atom stereocenters. The molecule has 2 aromatic rings. The van der Waals surface area contributed by atoms with Gasteiger partial charge in [-0.3, -0.25) is 13.9 Å². The minimum absolute atomic E-state index is 0.113. The molecule has 0 saturated heterocycles. The van der Waals surface area contributed by atoms with E-state index in [9.17, 15) is 18.0 Å².